The monoisotopic (exact) mass is 454 g/mol. The second-order valence-corrected chi connectivity index (χ2v) is 13.2. The number of rotatable bonds is 5. The fourth-order valence-corrected chi connectivity index (χ4v) is 9.39. The second kappa shape index (κ2) is 8.09. The molecule has 0 bridgehead atoms. The summed E-state index contributed by atoms with van der Waals surface area (Å²) in [4.78, 5) is 26.0. The molecule has 0 aromatic rings. The van der Waals surface area contributed by atoms with Gasteiger partial charge < -0.3 is 5.11 Å². The van der Waals surface area contributed by atoms with Crippen molar-refractivity contribution < 1.29 is 14.7 Å². The zero-order chi connectivity index (χ0) is 24.4. The topological polar surface area (TPSA) is 54.4 Å². The van der Waals surface area contributed by atoms with Crippen molar-refractivity contribution in [3.63, 3.8) is 0 Å². The van der Waals surface area contributed by atoms with Crippen LogP contribution in [0.1, 0.15) is 113 Å². The van der Waals surface area contributed by atoms with E-state index in [0.717, 1.165) is 57.8 Å². The van der Waals surface area contributed by atoms with Crippen molar-refractivity contribution in [2.75, 3.05) is 0 Å². The first-order chi connectivity index (χ1) is 15.3. The fraction of sp³-hybridized carbons (Fsp3) is 0.800. The normalized spacial score (nSPS) is 40.5. The lowest BCUT2D eigenvalue weighted by molar-refractivity contribution is -0.157. The first-order valence-corrected chi connectivity index (χ1v) is 13.5. The van der Waals surface area contributed by atoms with Gasteiger partial charge in [-0.25, -0.2) is 0 Å². The Morgan fingerprint density at radius 1 is 1.03 bits per heavy atom. The van der Waals surface area contributed by atoms with Crippen LogP contribution < -0.4 is 0 Å². The van der Waals surface area contributed by atoms with Gasteiger partial charge in [-0.3, -0.25) is 9.59 Å². The van der Waals surface area contributed by atoms with Gasteiger partial charge in [0.15, 0.2) is 0 Å². The van der Waals surface area contributed by atoms with Crippen LogP contribution in [0.5, 0.6) is 0 Å². The van der Waals surface area contributed by atoms with Crippen molar-refractivity contribution in [1.29, 1.82) is 0 Å². The number of ketones is 1. The van der Waals surface area contributed by atoms with E-state index in [4.69, 9.17) is 0 Å². The molecule has 3 heteroatoms. The quantitative estimate of drug-likeness (QED) is 0.432. The zero-order valence-corrected chi connectivity index (χ0v) is 22.1. The molecule has 4 rings (SSSR count). The first-order valence-electron chi connectivity index (χ1n) is 13.5. The molecular weight excluding hydrogens is 408 g/mol. The van der Waals surface area contributed by atoms with Gasteiger partial charge in [0.1, 0.15) is 5.78 Å². The maximum atomic E-state index is 13.2. The SMILES string of the molecule is CC(C)=CCCC(C)C1CCC2(C(=O)O)C3=C(CCC12C)C1(C)CCC(=O)C(C)(C)C1CC3. The average molecular weight is 455 g/mol. The highest BCUT2D eigenvalue weighted by atomic mass is 16.4. The van der Waals surface area contributed by atoms with Crippen molar-refractivity contribution in [3.05, 3.63) is 22.8 Å². The van der Waals surface area contributed by atoms with E-state index in [9.17, 15) is 14.7 Å². The molecule has 184 valence electrons. The second-order valence-electron chi connectivity index (χ2n) is 13.2. The van der Waals surface area contributed by atoms with E-state index >= 15 is 0 Å². The molecule has 0 aromatic carbocycles. The van der Waals surface area contributed by atoms with E-state index in [1.165, 1.54) is 16.7 Å². The van der Waals surface area contributed by atoms with Crippen LogP contribution in [-0.4, -0.2) is 16.9 Å². The molecule has 0 aliphatic heterocycles. The van der Waals surface area contributed by atoms with Crippen LogP contribution in [0, 0.1) is 39.4 Å². The molecule has 0 heterocycles. The Hall–Kier alpha value is -1.38. The number of allylic oxidation sites excluding steroid dienone is 3. The molecule has 2 fully saturated rings. The first kappa shape index (κ1) is 24.7. The van der Waals surface area contributed by atoms with Gasteiger partial charge in [0.25, 0.3) is 0 Å². The Labute approximate surface area is 201 Å². The molecule has 0 radical (unpaired) electrons. The van der Waals surface area contributed by atoms with Crippen LogP contribution in [0.25, 0.3) is 0 Å². The zero-order valence-electron chi connectivity index (χ0n) is 22.1. The molecule has 0 amide bonds. The molecule has 4 aliphatic carbocycles. The Bertz CT molecular complexity index is 904. The molecule has 33 heavy (non-hydrogen) atoms. The minimum Gasteiger partial charge on any atom is -0.481 e. The smallest absolute Gasteiger partial charge is 0.314 e. The number of hydrogen-bond acceptors (Lipinski definition) is 2. The average Bonchev–Trinajstić information content (AvgIpc) is 3.05. The summed E-state index contributed by atoms with van der Waals surface area (Å²) in [6, 6.07) is 0. The molecule has 6 atom stereocenters. The van der Waals surface area contributed by atoms with Crippen molar-refractivity contribution in [2.45, 2.75) is 113 Å². The molecular formula is C30H46O3. The highest BCUT2D eigenvalue weighted by molar-refractivity contribution is 5.86. The van der Waals surface area contributed by atoms with Crippen LogP contribution in [0.4, 0.5) is 0 Å². The van der Waals surface area contributed by atoms with Gasteiger partial charge in [0.2, 0.25) is 0 Å². The van der Waals surface area contributed by atoms with Crippen molar-refractivity contribution in [2.24, 2.45) is 39.4 Å². The van der Waals surface area contributed by atoms with Crippen LogP contribution in [-0.2, 0) is 9.59 Å². The number of hydrogen-bond donors (Lipinski definition) is 1. The molecule has 3 nitrogen and oxygen atoms in total. The summed E-state index contributed by atoms with van der Waals surface area (Å²) in [6.45, 7) is 15.7. The maximum Gasteiger partial charge on any atom is 0.314 e. The van der Waals surface area contributed by atoms with E-state index in [2.05, 4.69) is 54.5 Å². The minimum absolute atomic E-state index is 0.0259. The molecule has 0 spiro atoms. The van der Waals surface area contributed by atoms with Gasteiger partial charge in [-0.15, -0.1) is 0 Å². The van der Waals surface area contributed by atoms with E-state index < -0.39 is 11.4 Å². The van der Waals surface area contributed by atoms with Crippen molar-refractivity contribution in [3.8, 4) is 0 Å². The summed E-state index contributed by atoms with van der Waals surface area (Å²) in [5.74, 6) is 1.15. The number of carboxylic acid groups (broad SMARTS) is 1. The highest BCUT2D eigenvalue weighted by Gasteiger charge is 2.68. The maximum absolute atomic E-state index is 13.2. The van der Waals surface area contributed by atoms with E-state index in [-0.39, 0.29) is 16.2 Å². The third-order valence-corrected chi connectivity index (χ3v) is 11.2. The summed E-state index contributed by atoms with van der Waals surface area (Å²) in [5.41, 5.74) is 2.87. The van der Waals surface area contributed by atoms with E-state index in [1.807, 2.05) is 0 Å². The largest absolute Gasteiger partial charge is 0.481 e. The van der Waals surface area contributed by atoms with E-state index in [0.29, 0.717) is 30.0 Å². The Balaban J connectivity index is 1.75. The number of carbonyl (C=O) groups excluding carboxylic acids is 1. The van der Waals surface area contributed by atoms with Gasteiger partial charge in [-0.2, -0.15) is 0 Å². The minimum atomic E-state index is -0.713. The third-order valence-electron chi connectivity index (χ3n) is 11.2. The van der Waals surface area contributed by atoms with Crippen LogP contribution in [0.3, 0.4) is 0 Å². The Morgan fingerprint density at radius 2 is 1.73 bits per heavy atom. The van der Waals surface area contributed by atoms with Gasteiger partial charge in [-0.1, -0.05) is 57.4 Å². The number of carbonyl (C=O) groups is 2. The van der Waals surface area contributed by atoms with Crippen LogP contribution >= 0.6 is 0 Å². The highest BCUT2D eigenvalue weighted by Crippen LogP contribution is 2.72. The van der Waals surface area contributed by atoms with Gasteiger partial charge in [0, 0.05) is 11.8 Å². The molecule has 2 saturated carbocycles. The molecule has 1 N–H and O–H groups in total. The summed E-state index contributed by atoms with van der Waals surface area (Å²) in [5, 5.41) is 10.9. The molecule has 0 saturated heterocycles. The lowest BCUT2D eigenvalue weighted by Gasteiger charge is -2.60. The number of aliphatic carboxylic acids is 1. The standard InChI is InChI=1S/C30H46O3/c1-19(2)9-8-10-20(3)21-14-18-30(26(32)33)23-11-12-24-27(4,5)25(31)15-16-28(24,6)22(23)13-17-29(21,30)7/h9,20-21,24H,8,10-18H2,1-7H3,(H,32,33). The summed E-state index contributed by atoms with van der Waals surface area (Å²) in [6.07, 6.45) is 11.7. The number of Topliss-reactive ketones (excluding diaryl/α,β-unsaturated/α-hetero) is 1. The van der Waals surface area contributed by atoms with Crippen LogP contribution in [0.15, 0.2) is 22.8 Å². The Kier molecular flexibility index (Phi) is 6.07. The lowest BCUT2D eigenvalue weighted by atomic mass is 9.43. The third kappa shape index (κ3) is 3.34. The van der Waals surface area contributed by atoms with Gasteiger partial charge in [0.05, 0.1) is 5.41 Å². The van der Waals surface area contributed by atoms with Gasteiger partial charge in [-0.05, 0) is 100 Å². The summed E-state index contributed by atoms with van der Waals surface area (Å²) >= 11 is 0. The Morgan fingerprint density at radius 3 is 2.36 bits per heavy atom. The molecule has 0 aromatic heterocycles. The predicted molar refractivity (Wildman–Crippen MR) is 134 cm³/mol. The predicted octanol–water partition coefficient (Wildman–Crippen LogP) is 7.75. The van der Waals surface area contributed by atoms with Crippen LogP contribution in [0.2, 0.25) is 0 Å². The number of carboxylic acids is 1. The molecule has 4 aliphatic rings. The molecule has 6 unspecified atom stereocenters. The van der Waals surface area contributed by atoms with E-state index in [1.54, 1.807) is 0 Å². The van der Waals surface area contributed by atoms with Gasteiger partial charge >= 0.3 is 5.97 Å². The summed E-state index contributed by atoms with van der Waals surface area (Å²) in [7, 11) is 0. The number of fused-ring (bicyclic) bond motifs is 4. The summed E-state index contributed by atoms with van der Waals surface area (Å²) < 4.78 is 0. The van der Waals surface area contributed by atoms with Crippen molar-refractivity contribution >= 4 is 11.8 Å². The lowest BCUT2D eigenvalue weighted by Crippen LogP contribution is -2.56. The van der Waals surface area contributed by atoms with Crippen molar-refractivity contribution in [1.82, 2.24) is 0 Å². The fourth-order valence-electron chi connectivity index (χ4n) is 9.39.